The van der Waals surface area contributed by atoms with Crippen molar-refractivity contribution in [3.8, 4) is 0 Å². The number of halogens is 1. The van der Waals surface area contributed by atoms with Gasteiger partial charge in [-0.15, -0.1) is 10.2 Å². The van der Waals surface area contributed by atoms with Gasteiger partial charge in [0.05, 0.1) is 11.4 Å². The predicted molar refractivity (Wildman–Crippen MR) is 70.5 cm³/mol. The van der Waals surface area contributed by atoms with Gasteiger partial charge in [0, 0.05) is 12.2 Å². The summed E-state index contributed by atoms with van der Waals surface area (Å²) >= 11 is 0. The van der Waals surface area contributed by atoms with E-state index in [4.69, 9.17) is 5.73 Å². The number of nitrogens with one attached hydrogen (secondary N) is 1. The van der Waals surface area contributed by atoms with Crippen molar-refractivity contribution in [3.05, 3.63) is 36.2 Å². The number of rotatable bonds is 5. The number of nitrogens with two attached hydrogens (primary N) is 1. The van der Waals surface area contributed by atoms with E-state index in [1.54, 1.807) is 4.57 Å². The molecule has 2 aromatic rings. The highest BCUT2D eigenvalue weighted by Crippen LogP contribution is 2.15. The first-order valence-electron chi connectivity index (χ1n) is 5.85. The number of hydrogen-bond donors (Lipinski definition) is 2. The van der Waals surface area contributed by atoms with E-state index < -0.39 is 15.8 Å². The lowest BCUT2D eigenvalue weighted by atomic mass is 10.3. The zero-order valence-electron chi connectivity index (χ0n) is 10.7. The minimum Gasteiger partial charge on any atom is -0.399 e. The quantitative estimate of drug-likeness (QED) is 0.782. The van der Waals surface area contributed by atoms with Crippen LogP contribution in [0.25, 0.3) is 0 Å². The standard InChI is InChI=1S/C11H14FN5O2S/c1-2-17-7-14-16-11(17)6-15-20(18,19)10-4-8(12)3-9(13)5-10/h3-5,7,15H,2,6,13H2,1H3. The first-order valence-corrected chi connectivity index (χ1v) is 7.33. The molecule has 2 rings (SSSR count). The van der Waals surface area contributed by atoms with E-state index in [9.17, 15) is 12.8 Å². The zero-order chi connectivity index (χ0) is 14.8. The average molecular weight is 299 g/mol. The van der Waals surface area contributed by atoms with Crippen molar-refractivity contribution in [2.24, 2.45) is 0 Å². The number of nitrogens with zero attached hydrogens (tertiary/aromatic N) is 3. The molecule has 0 amide bonds. The van der Waals surface area contributed by atoms with Crippen LogP contribution >= 0.6 is 0 Å². The van der Waals surface area contributed by atoms with E-state index in [1.165, 1.54) is 12.4 Å². The first kappa shape index (κ1) is 14.4. The highest BCUT2D eigenvalue weighted by atomic mass is 32.2. The van der Waals surface area contributed by atoms with Crippen LogP contribution < -0.4 is 10.5 Å². The molecular weight excluding hydrogens is 285 g/mol. The number of aryl methyl sites for hydroxylation is 1. The van der Waals surface area contributed by atoms with Crippen molar-refractivity contribution in [2.45, 2.75) is 24.9 Å². The van der Waals surface area contributed by atoms with E-state index >= 15 is 0 Å². The van der Waals surface area contributed by atoms with E-state index in [1.807, 2.05) is 6.92 Å². The summed E-state index contributed by atoms with van der Waals surface area (Å²) in [5, 5.41) is 7.50. The fourth-order valence-electron chi connectivity index (χ4n) is 1.66. The fourth-order valence-corrected chi connectivity index (χ4v) is 2.71. The molecule has 1 aromatic carbocycles. The molecule has 0 bridgehead atoms. The molecule has 0 saturated carbocycles. The molecule has 1 aromatic heterocycles. The molecule has 0 unspecified atom stereocenters. The fraction of sp³-hybridized carbons (Fsp3) is 0.273. The van der Waals surface area contributed by atoms with Crippen LogP contribution in [0.15, 0.2) is 29.4 Å². The first-order chi connectivity index (χ1) is 9.42. The summed E-state index contributed by atoms with van der Waals surface area (Å²) in [6.07, 6.45) is 1.50. The molecule has 3 N–H and O–H groups in total. The number of benzene rings is 1. The lowest BCUT2D eigenvalue weighted by Gasteiger charge is -2.08. The normalized spacial score (nSPS) is 11.7. The zero-order valence-corrected chi connectivity index (χ0v) is 11.6. The molecule has 0 atom stereocenters. The molecule has 0 aliphatic rings. The van der Waals surface area contributed by atoms with Crippen LogP contribution in [0.1, 0.15) is 12.7 Å². The molecule has 7 nitrogen and oxygen atoms in total. The molecule has 1 heterocycles. The third-order valence-corrected chi connectivity index (χ3v) is 4.04. The van der Waals surface area contributed by atoms with Gasteiger partial charge in [0.25, 0.3) is 0 Å². The Morgan fingerprint density at radius 1 is 1.40 bits per heavy atom. The van der Waals surface area contributed by atoms with Crippen LogP contribution in [0.2, 0.25) is 0 Å². The maximum Gasteiger partial charge on any atom is 0.241 e. The molecule has 20 heavy (non-hydrogen) atoms. The van der Waals surface area contributed by atoms with E-state index in [0.29, 0.717) is 12.4 Å². The number of anilines is 1. The molecule has 0 fully saturated rings. The number of nitrogen functional groups attached to an aromatic ring is 1. The van der Waals surface area contributed by atoms with Gasteiger partial charge in [-0.3, -0.25) is 0 Å². The predicted octanol–water partition coefficient (Wildman–Crippen LogP) is 0.498. The summed E-state index contributed by atoms with van der Waals surface area (Å²) in [4.78, 5) is -0.224. The second kappa shape index (κ2) is 5.55. The van der Waals surface area contributed by atoms with Crippen LogP contribution in [-0.4, -0.2) is 23.2 Å². The molecule has 0 radical (unpaired) electrons. The Kier molecular flexibility index (Phi) is 4.00. The number of aromatic nitrogens is 3. The van der Waals surface area contributed by atoms with Gasteiger partial charge < -0.3 is 10.3 Å². The Morgan fingerprint density at radius 2 is 2.15 bits per heavy atom. The highest BCUT2D eigenvalue weighted by Gasteiger charge is 2.16. The Morgan fingerprint density at radius 3 is 2.80 bits per heavy atom. The van der Waals surface area contributed by atoms with Crippen LogP contribution in [0.5, 0.6) is 0 Å². The summed E-state index contributed by atoms with van der Waals surface area (Å²) in [6.45, 7) is 2.47. The molecule has 0 spiro atoms. The summed E-state index contributed by atoms with van der Waals surface area (Å²) in [7, 11) is -3.86. The summed E-state index contributed by atoms with van der Waals surface area (Å²) < 4.78 is 41.3. The van der Waals surface area contributed by atoms with E-state index in [-0.39, 0.29) is 17.1 Å². The maximum atomic E-state index is 13.2. The smallest absolute Gasteiger partial charge is 0.241 e. The van der Waals surface area contributed by atoms with E-state index in [0.717, 1.165) is 12.1 Å². The molecule has 0 saturated heterocycles. The van der Waals surface area contributed by atoms with Gasteiger partial charge in [-0.2, -0.15) is 0 Å². The number of sulfonamides is 1. The van der Waals surface area contributed by atoms with Crippen LogP contribution in [0.3, 0.4) is 0 Å². The second-order valence-electron chi connectivity index (χ2n) is 4.08. The summed E-state index contributed by atoms with van der Waals surface area (Å²) in [5.41, 5.74) is 5.48. The van der Waals surface area contributed by atoms with Gasteiger partial charge in [0.1, 0.15) is 18.0 Å². The van der Waals surface area contributed by atoms with Crippen molar-refractivity contribution in [1.82, 2.24) is 19.5 Å². The van der Waals surface area contributed by atoms with Gasteiger partial charge >= 0.3 is 0 Å². The van der Waals surface area contributed by atoms with Crippen molar-refractivity contribution in [2.75, 3.05) is 5.73 Å². The lowest BCUT2D eigenvalue weighted by Crippen LogP contribution is -2.25. The van der Waals surface area contributed by atoms with Crippen LogP contribution in [0.4, 0.5) is 10.1 Å². The average Bonchev–Trinajstić information content (AvgIpc) is 2.82. The van der Waals surface area contributed by atoms with Crippen molar-refractivity contribution >= 4 is 15.7 Å². The Labute approximate surface area is 115 Å². The lowest BCUT2D eigenvalue weighted by molar-refractivity contribution is 0.572. The van der Waals surface area contributed by atoms with Gasteiger partial charge in [0.2, 0.25) is 10.0 Å². The SMILES string of the molecule is CCn1cnnc1CNS(=O)(=O)c1cc(N)cc(F)c1. The minimum absolute atomic E-state index is 0.0351. The summed E-state index contributed by atoms with van der Waals surface area (Å²) in [6, 6.07) is 3.14. The van der Waals surface area contributed by atoms with E-state index in [2.05, 4.69) is 14.9 Å². The molecule has 108 valence electrons. The van der Waals surface area contributed by atoms with Gasteiger partial charge in [-0.1, -0.05) is 0 Å². The Hall–Kier alpha value is -2.00. The largest absolute Gasteiger partial charge is 0.399 e. The van der Waals surface area contributed by atoms with Crippen LogP contribution in [-0.2, 0) is 23.1 Å². The maximum absolute atomic E-state index is 13.2. The van der Waals surface area contributed by atoms with Crippen LogP contribution in [0, 0.1) is 5.82 Å². The third kappa shape index (κ3) is 3.11. The highest BCUT2D eigenvalue weighted by molar-refractivity contribution is 7.89. The molecule has 9 heteroatoms. The van der Waals surface area contributed by atoms with Crippen molar-refractivity contribution in [1.29, 1.82) is 0 Å². The minimum atomic E-state index is -3.86. The van der Waals surface area contributed by atoms with Gasteiger partial charge in [-0.25, -0.2) is 17.5 Å². The topological polar surface area (TPSA) is 103 Å². The molecular formula is C11H14FN5O2S. The van der Waals surface area contributed by atoms with Crippen molar-refractivity contribution in [3.63, 3.8) is 0 Å². The monoisotopic (exact) mass is 299 g/mol. The number of hydrogen-bond acceptors (Lipinski definition) is 5. The summed E-state index contributed by atoms with van der Waals surface area (Å²) in [5.74, 6) is -0.234. The Balaban J connectivity index is 2.19. The van der Waals surface area contributed by atoms with Gasteiger partial charge in [0.15, 0.2) is 0 Å². The van der Waals surface area contributed by atoms with Crippen molar-refractivity contribution < 1.29 is 12.8 Å². The molecule has 0 aliphatic heterocycles. The Bertz CT molecular complexity index is 693. The molecule has 0 aliphatic carbocycles. The third-order valence-electron chi connectivity index (χ3n) is 2.66. The second-order valence-corrected chi connectivity index (χ2v) is 5.84. The van der Waals surface area contributed by atoms with Gasteiger partial charge in [-0.05, 0) is 25.1 Å².